The molecule has 0 amide bonds. The number of Topliss-reactive ketones (excluding diaryl/α,β-unsaturated/α-hetero) is 1. The van der Waals surface area contributed by atoms with Gasteiger partial charge in [-0.05, 0) is 20.3 Å². The number of cyclic esters (lactones) is 1. The van der Waals surface area contributed by atoms with E-state index in [4.69, 9.17) is 4.74 Å². The van der Waals surface area contributed by atoms with Gasteiger partial charge in [-0.15, -0.1) is 0 Å². The first-order valence-corrected chi connectivity index (χ1v) is 10.00. The Morgan fingerprint density at radius 1 is 0.958 bits per heavy atom. The highest BCUT2D eigenvalue weighted by Crippen LogP contribution is 2.23. The number of hydrogen-bond acceptors (Lipinski definition) is 3. The fourth-order valence-electron chi connectivity index (χ4n) is 3.42. The topological polar surface area (TPSA) is 43.4 Å². The molecule has 0 saturated heterocycles. The average Bonchev–Trinajstić information content (AvgIpc) is 2.51. The van der Waals surface area contributed by atoms with Crippen molar-refractivity contribution in [3.05, 3.63) is 11.1 Å². The predicted octanol–water partition coefficient (Wildman–Crippen LogP) is 5.91. The van der Waals surface area contributed by atoms with Crippen molar-refractivity contribution in [2.45, 2.75) is 110 Å². The van der Waals surface area contributed by atoms with Gasteiger partial charge in [0.2, 0.25) is 0 Å². The van der Waals surface area contributed by atoms with Crippen molar-refractivity contribution >= 4 is 11.8 Å². The molecule has 0 fully saturated rings. The van der Waals surface area contributed by atoms with E-state index in [1.165, 1.54) is 57.8 Å². The third-order valence-electron chi connectivity index (χ3n) is 4.82. The van der Waals surface area contributed by atoms with E-state index < -0.39 is 5.97 Å². The monoisotopic (exact) mass is 336 g/mol. The molecular weight excluding hydrogens is 300 g/mol. The summed E-state index contributed by atoms with van der Waals surface area (Å²) in [6, 6.07) is 0. The quantitative estimate of drug-likeness (QED) is 0.238. The van der Waals surface area contributed by atoms with Crippen molar-refractivity contribution in [1.29, 1.82) is 0 Å². The van der Waals surface area contributed by atoms with Gasteiger partial charge in [0.05, 0.1) is 0 Å². The molecule has 1 heterocycles. The molecule has 3 heteroatoms. The van der Waals surface area contributed by atoms with Crippen LogP contribution in [0.15, 0.2) is 11.1 Å². The van der Waals surface area contributed by atoms with Crippen molar-refractivity contribution in [2.24, 2.45) is 0 Å². The molecule has 0 saturated carbocycles. The Balaban J connectivity index is 2.06. The summed E-state index contributed by atoms with van der Waals surface area (Å²) in [6.07, 6.45) is 15.0. The lowest BCUT2D eigenvalue weighted by Gasteiger charge is -2.22. The highest BCUT2D eigenvalue weighted by molar-refractivity contribution is 6.18. The molecule has 1 atom stereocenters. The second-order valence-electron chi connectivity index (χ2n) is 7.28. The number of carbonyl (C=O) groups is 2. The zero-order chi connectivity index (χ0) is 17.8. The number of esters is 1. The van der Waals surface area contributed by atoms with Crippen molar-refractivity contribution in [3.63, 3.8) is 0 Å². The fourth-order valence-corrected chi connectivity index (χ4v) is 3.42. The Morgan fingerprint density at radius 3 is 1.96 bits per heavy atom. The maximum Gasteiger partial charge on any atom is 0.341 e. The van der Waals surface area contributed by atoms with Crippen LogP contribution >= 0.6 is 0 Å². The molecule has 138 valence electrons. The average molecular weight is 337 g/mol. The molecule has 0 aromatic rings. The molecule has 0 radical (unpaired) electrons. The normalized spacial score (nSPS) is 18.0. The summed E-state index contributed by atoms with van der Waals surface area (Å²) in [4.78, 5) is 24.1. The van der Waals surface area contributed by atoms with Gasteiger partial charge >= 0.3 is 5.97 Å². The van der Waals surface area contributed by atoms with Crippen LogP contribution in [0.4, 0.5) is 0 Å². The molecule has 0 aromatic heterocycles. The minimum atomic E-state index is -0.417. The van der Waals surface area contributed by atoms with Crippen LogP contribution in [0.1, 0.15) is 104 Å². The van der Waals surface area contributed by atoms with E-state index in [-0.39, 0.29) is 11.9 Å². The smallest absolute Gasteiger partial charge is 0.341 e. The van der Waals surface area contributed by atoms with Gasteiger partial charge < -0.3 is 4.74 Å². The molecule has 0 spiro atoms. The minimum Gasteiger partial charge on any atom is -0.459 e. The number of rotatable bonds is 13. The molecular formula is C21H36O3. The summed E-state index contributed by atoms with van der Waals surface area (Å²) in [5.74, 6) is -0.445. The SMILES string of the molecule is CCCCCCCCCCCCCC(=O)C1=C(C)CC(C)OC1=O. The Bertz CT molecular complexity index is 423. The Kier molecular flexibility index (Phi) is 10.7. The second-order valence-corrected chi connectivity index (χ2v) is 7.28. The third kappa shape index (κ3) is 8.12. The van der Waals surface area contributed by atoms with Crippen molar-refractivity contribution in [2.75, 3.05) is 0 Å². The lowest BCUT2D eigenvalue weighted by Crippen LogP contribution is -2.27. The summed E-state index contributed by atoms with van der Waals surface area (Å²) in [7, 11) is 0. The first-order chi connectivity index (χ1) is 11.6. The van der Waals surface area contributed by atoms with Gasteiger partial charge in [0.1, 0.15) is 11.7 Å². The number of ether oxygens (including phenoxy) is 1. The van der Waals surface area contributed by atoms with Gasteiger partial charge in [-0.2, -0.15) is 0 Å². The highest BCUT2D eigenvalue weighted by Gasteiger charge is 2.28. The number of unbranched alkanes of at least 4 members (excludes halogenated alkanes) is 10. The van der Waals surface area contributed by atoms with Gasteiger partial charge in [-0.3, -0.25) is 4.79 Å². The summed E-state index contributed by atoms with van der Waals surface area (Å²) in [5, 5.41) is 0. The molecule has 0 N–H and O–H groups in total. The van der Waals surface area contributed by atoms with E-state index in [1.54, 1.807) is 0 Å². The van der Waals surface area contributed by atoms with Crippen LogP contribution in [0.25, 0.3) is 0 Å². The second kappa shape index (κ2) is 12.3. The van der Waals surface area contributed by atoms with Crippen molar-refractivity contribution in [1.82, 2.24) is 0 Å². The molecule has 0 aliphatic carbocycles. The lowest BCUT2D eigenvalue weighted by atomic mass is 9.95. The van der Waals surface area contributed by atoms with E-state index >= 15 is 0 Å². The van der Waals surface area contributed by atoms with Crippen LogP contribution in [0.5, 0.6) is 0 Å². The number of ketones is 1. The van der Waals surface area contributed by atoms with E-state index in [2.05, 4.69) is 6.92 Å². The third-order valence-corrected chi connectivity index (χ3v) is 4.82. The van der Waals surface area contributed by atoms with Gasteiger partial charge in [-0.25, -0.2) is 4.79 Å². The number of carbonyl (C=O) groups excluding carboxylic acids is 2. The molecule has 1 aliphatic heterocycles. The van der Waals surface area contributed by atoms with E-state index in [0.717, 1.165) is 18.4 Å². The summed E-state index contributed by atoms with van der Waals surface area (Å²) in [5.41, 5.74) is 1.21. The van der Waals surface area contributed by atoms with Crippen molar-refractivity contribution in [3.8, 4) is 0 Å². The highest BCUT2D eigenvalue weighted by atomic mass is 16.5. The maximum atomic E-state index is 12.2. The van der Waals surface area contributed by atoms with Crippen LogP contribution in [-0.2, 0) is 14.3 Å². The van der Waals surface area contributed by atoms with Crippen LogP contribution in [0.2, 0.25) is 0 Å². The lowest BCUT2D eigenvalue weighted by molar-refractivity contribution is -0.146. The summed E-state index contributed by atoms with van der Waals surface area (Å²) < 4.78 is 5.18. The van der Waals surface area contributed by atoms with Gasteiger partial charge in [0, 0.05) is 12.8 Å². The molecule has 3 nitrogen and oxygen atoms in total. The Hall–Kier alpha value is -1.12. The fraction of sp³-hybridized carbons (Fsp3) is 0.810. The minimum absolute atomic E-state index is 0.0275. The summed E-state index contributed by atoms with van der Waals surface area (Å²) in [6.45, 7) is 6.00. The summed E-state index contributed by atoms with van der Waals surface area (Å²) >= 11 is 0. The van der Waals surface area contributed by atoms with Gasteiger partial charge in [-0.1, -0.05) is 76.7 Å². The molecule has 24 heavy (non-hydrogen) atoms. The Labute approximate surface area is 148 Å². The Morgan fingerprint density at radius 2 is 1.46 bits per heavy atom. The van der Waals surface area contributed by atoms with Crippen LogP contribution in [0.3, 0.4) is 0 Å². The van der Waals surface area contributed by atoms with Crippen LogP contribution in [0, 0.1) is 0 Å². The van der Waals surface area contributed by atoms with E-state index in [0.29, 0.717) is 18.4 Å². The molecule has 0 bridgehead atoms. The largest absolute Gasteiger partial charge is 0.459 e. The van der Waals surface area contributed by atoms with Crippen LogP contribution < -0.4 is 0 Å². The molecule has 1 unspecified atom stereocenters. The van der Waals surface area contributed by atoms with Gasteiger partial charge in [0.25, 0.3) is 0 Å². The first kappa shape index (κ1) is 20.9. The van der Waals surface area contributed by atoms with Crippen LogP contribution in [-0.4, -0.2) is 17.9 Å². The zero-order valence-electron chi connectivity index (χ0n) is 16.0. The molecule has 1 aliphatic rings. The number of hydrogen-bond donors (Lipinski definition) is 0. The zero-order valence-corrected chi connectivity index (χ0v) is 16.0. The van der Waals surface area contributed by atoms with Crippen molar-refractivity contribution < 1.29 is 14.3 Å². The standard InChI is InChI=1S/C21H36O3/c1-4-5-6-7-8-9-10-11-12-13-14-15-19(22)20-17(2)16-18(3)24-21(20)23/h18H,4-16H2,1-3H3. The first-order valence-electron chi connectivity index (χ1n) is 10.00. The maximum absolute atomic E-state index is 12.2. The van der Waals surface area contributed by atoms with Gasteiger partial charge in [0.15, 0.2) is 5.78 Å². The predicted molar refractivity (Wildman–Crippen MR) is 99.0 cm³/mol. The molecule has 0 aromatic carbocycles. The van der Waals surface area contributed by atoms with E-state index in [9.17, 15) is 9.59 Å². The van der Waals surface area contributed by atoms with E-state index in [1.807, 2.05) is 13.8 Å². The molecule has 1 rings (SSSR count).